The first kappa shape index (κ1) is 14.9. The number of nitrogens with one attached hydrogen (secondary N) is 2. The molecule has 6 nitrogen and oxygen atoms in total. The summed E-state index contributed by atoms with van der Waals surface area (Å²) in [6, 6.07) is 19.4. The zero-order valence-corrected chi connectivity index (χ0v) is 13.7. The van der Waals surface area contributed by atoms with Gasteiger partial charge in [0.1, 0.15) is 10.7 Å². The third-order valence-electron chi connectivity index (χ3n) is 4.71. The molecule has 3 aromatic rings. The quantitative estimate of drug-likeness (QED) is 0.300. The maximum Gasteiger partial charge on any atom is 0.449 e. The Labute approximate surface area is 150 Å². The molecule has 26 heavy (non-hydrogen) atoms. The van der Waals surface area contributed by atoms with E-state index in [9.17, 15) is 10.2 Å². The fraction of sp³-hybridized carbons (Fsp3) is 0. The lowest BCUT2D eigenvalue weighted by Crippen LogP contribution is -2.41. The largest absolute Gasteiger partial charge is 0.504 e. The zero-order valence-electron chi connectivity index (χ0n) is 13.7. The van der Waals surface area contributed by atoms with E-state index < -0.39 is 6.98 Å². The molecule has 0 saturated heterocycles. The third-order valence-corrected chi connectivity index (χ3v) is 4.71. The predicted molar refractivity (Wildman–Crippen MR) is 103 cm³/mol. The predicted octanol–water partition coefficient (Wildman–Crippen LogP) is -0.0212. The van der Waals surface area contributed by atoms with Gasteiger partial charge in [-0.3, -0.25) is 0 Å². The minimum Gasteiger partial charge on any atom is -0.504 e. The van der Waals surface area contributed by atoms with Gasteiger partial charge in [0, 0.05) is 0 Å². The second-order valence-electron chi connectivity index (χ2n) is 6.32. The Morgan fingerprint density at radius 2 is 1.12 bits per heavy atom. The van der Waals surface area contributed by atoms with Gasteiger partial charge in [0.15, 0.2) is 11.5 Å². The van der Waals surface area contributed by atoms with Crippen LogP contribution >= 0.6 is 0 Å². The van der Waals surface area contributed by atoms with Crippen LogP contribution in [-0.4, -0.2) is 24.2 Å². The fourth-order valence-electron chi connectivity index (χ4n) is 3.41. The summed E-state index contributed by atoms with van der Waals surface area (Å²) in [7, 11) is 0. The summed E-state index contributed by atoms with van der Waals surface area (Å²) in [5.41, 5.74) is 2.80. The topological polar surface area (TPSA) is 89.2 Å². The maximum atomic E-state index is 10.7. The van der Waals surface area contributed by atoms with Crippen LogP contribution in [0.3, 0.4) is 0 Å². The van der Waals surface area contributed by atoms with Crippen molar-refractivity contribution in [1.82, 2.24) is 0 Å². The van der Waals surface area contributed by atoms with Gasteiger partial charge in [0.25, 0.3) is 0 Å². The molecule has 0 atom stereocenters. The first-order valence-electron chi connectivity index (χ1n) is 8.39. The molecule has 0 aliphatic carbocycles. The van der Waals surface area contributed by atoms with Gasteiger partial charge < -0.3 is 30.5 Å². The molecule has 0 fully saturated rings. The Morgan fingerprint density at radius 3 is 1.62 bits per heavy atom. The summed E-state index contributed by atoms with van der Waals surface area (Å²) in [6.07, 6.45) is 0. The number of nitrogens with zero attached hydrogens (tertiary/aromatic N) is 2. The molecule has 0 unspecified atom stereocenters. The number of rotatable bonds is 2. The third kappa shape index (κ3) is 2.15. The van der Waals surface area contributed by atoms with Crippen molar-refractivity contribution in [3.63, 3.8) is 0 Å². The van der Waals surface area contributed by atoms with Crippen LogP contribution in [0.5, 0.6) is 11.5 Å². The van der Waals surface area contributed by atoms with E-state index in [4.69, 9.17) is 0 Å². The summed E-state index contributed by atoms with van der Waals surface area (Å²) >= 11 is 0. The molecular formula is C18H14B2N4O2. The Kier molecular flexibility index (Phi) is 3.18. The van der Waals surface area contributed by atoms with Crippen LogP contribution in [0, 0.1) is 0 Å². The van der Waals surface area contributed by atoms with Crippen LogP contribution in [0.1, 0.15) is 0 Å². The van der Waals surface area contributed by atoms with E-state index in [1.54, 1.807) is 0 Å². The van der Waals surface area contributed by atoms with Gasteiger partial charge in [0.05, 0.1) is 11.4 Å². The normalized spacial score (nSPS) is 14.0. The number of hydrogen-bond donors (Lipinski definition) is 4. The zero-order chi connectivity index (χ0) is 17.7. The van der Waals surface area contributed by atoms with Crippen LogP contribution in [-0.2, 0) is 0 Å². The molecule has 0 amide bonds. The molecule has 0 bridgehead atoms. The Balaban J connectivity index is 1.60. The molecule has 0 aromatic heterocycles. The number of phenolic OH excluding ortho intramolecular Hbond substituents is 2. The number of anilines is 2. The summed E-state index contributed by atoms with van der Waals surface area (Å²) in [5.74, 6) is 0.00169. The number of benzene rings is 3. The van der Waals surface area contributed by atoms with Crippen LogP contribution in [0.15, 0.2) is 70.5 Å². The maximum absolute atomic E-state index is 10.7. The van der Waals surface area contributed by atoms with Gasteiger partial charge >= 0.3 is 14.0 Å². The first-order chi connectivity index (χ1) is 12.7. The highest BCUT2D eigenvalue weighted by molar-refractivity contribution is 6.81. The summed E-state index contributed by atoms with van der Waals surface area (Å²) in [6.45, 7) is -0.703. The van der Waals surface area contributed by atoms with Crippen molar-refractivity contribution in [2.24, 2.45) is 9.81 Å². The Bertz CT molecular complexity index is 1070. The Hall–Kier alpha value is -3.41. The van der Waals surface area contributed by atoms with Crippen LogP contribution in [0.2, 0.25) is 0 Å². The Morgan fingerprint density at radius 1 is 0.654 bits per heavy atom. The minimum absolute atomic E-state index is 0.000845. The van der Waals surface area contributed by atoms with Crippen molar-refractivity contribution < 1.29 is 10.2 Å². The molecule has 4 N–H and O–H groups in total. The van der Waals surface area contributed by atoms with Crippen molar-refractivity contribution in [3.05, 3.63) is 71.4 Å². The van der Waals surface area contributed by atoms with E-state index in [0.29, 0.717) is 22.1 Å². The van der Waals surface area contributed by atoms with Crippen molar-refractivity contribution in [1.29, 1.82) is 0 Å². The van der Waals surface area contributed by atoms with Crippen LogP contribution < -0.4 is 32.1 Å². The van der Waals surface area contributed by atoms with Crippen molar-refractivity contribution in [2.75, 3.05) is 10.5 Å². The van der Waals surface area contributed by atoms with E-state index in [0.717, 1.165) is 10.9 Å². The van der Waals surface area contributed by atoms with Gasteiger partial charge in [-0.2, -0.15) is 0 Å². The average molecular weight is 340 g/mol. The number of hydrogen-bond acceptors (Lipinski definition) is 6. The van der Waals surface area contributed by atoms with E-state index in [1.165, 1.54) is 0 Å². The molecule has 0 saturated carbocycles. The lowest BCUT2D eigenvalue weighted by atomic mass is 9.69. The van der Waals surface area contributed by atoms with E-state index in [-0.39, 0.29) is 18.5 Å². The summed E-state index contributed by atoms with van der Waals surface area (Å²) in [5, 5.41) is 28.5. The lowest BCUT2D eigenvalue weighted by Gasteiger charge is -2.06. The van der Waals surface area contributed by atoms with E-state index in [2.05, 4.69) is 20.3 Å². The molecule has 2 heterocycles. The number of phenols is 2. The monoisotopic (exact) mass is 340 g/mol. The standard InChI is InChI=1S/C18H14B2N4O2/c25-17-13-14(22-19(21-13)11-7-3-1-4-8-11)18(26)16-15(17)23-20(24-16)12-9-5-2-6-10-12/h1-10,21-22,25-26H. The highest BCUT2D eigenvalue weighted by Gasteiger charge is 2.34. The van der Waals surface area contributed by atoms with Gasteiger partial charge in [-0.25, -0.2) is 0 Å². The highest BCUT2D eigenvalue weighted by Crippen LogP contribution is 2.38. The van der Waals surface area contributed by atoms with Crippen molar-refractivity contribution >= 4 is 36.3 Å². The molecule has 2 aliphatic heterocycles. The van der Waals surface area contributed by atoms with Gasteiger partial charge in [-0.05, 0) is 10.9 Å². The van der Waals surface area contributed by atoms with Gasteiger partial charge in [-0.1, -0.05) is 60.7 Å². The second kappa shape index (κ2) is 5.56. The fourth-order valence-corrected chi connectivity index (χ4v) is 3.41. The van der Waals surface area contributed by atoms with Gasteiger partial charge in [-0.15, -0.1) is 0 Å². The molecule has 2 aliphatic rings. The lowest BCUT2D eigenvalue weighted by molar-refractivity contribution is 0.454. The highest BCUT2D eigenvalue weighted by atomic mass is 16.3. The van der Waals surface area contributed by atoms with E-state index >= 15 is 0 Å². The second-order valence-corrected chi connectivity index (χ2v) is 6.32. The average Bonchev–Trinajstić information content (AvgIpc) is 3.33. The molecule has 3 aromatic carbocycles. The molecule has 0 radical (unpaired) electrons. The molecule has 8 heteroatoms. The smallest absolute Gasteiger partial charge is 0.449 e. The van der Waals surface area contributed by atoms with Crippen molar-refractivity contribution in [3.8, 4) is 11.5 Å². The van der Waals surface area contributed by atoms with Crippen LogP contribution in [0.4, 0.5) is 11.4 Å². The molecule has 0 spiro atoms. The summed E-state index contributed by atoms with van der Waals surface area (Å²) < 4.78 is 0. The van der Waals surface area contributed by atoms with Crippen LogP contribution in [0.25, 0.3) is 0 Å². The SMILES string of the molecule is Oc1c2c(c(O)c3c1=NB(c1ccccc1)N=3)NB(c1ccccc1)N2. The van der Waals surface area contributed by atoms with E-state index in [1.807, 2.05) is 60.7 Å². The number of aromatic hydroxyl groups is 2. The van der Waals surface area contributed by atoms with Crippen molar-refractivity contribution in [2.45, 2.75) is 0 Å². The van der Waals surface area contributed by atoms with Gasteiger partial charge in [0.2, 0.25) is 0 Å². The number of fused-ring (bicyclic) bond motifs is 2. The summed E-state index contributed by atoms with van der Waals surface area (Å²) in [4.78, 5) is 9.03. The molecule has 124 valence electrons. The molecular weight excluding hydrogens is 326 g/mol. The minimum atomic E-state index is -0.463. The first-order valence-corrected chi connectivity index (χ1v) is 8.39. The molecule has 5 rings (SSSR count).